The molecule has 2 heterocycles. The molecule has 2 aromatic heterocycles. The summed E-state index contributed by atoms with van der Waals surface area (Å²) in [5.41, 5.74) is 2.83. The standard InChI is InChI=1S/C15H13N3O2/c1-2-18-13(17-12-4-3-9-16-14(12)18)10-5-7-11(8-6-10)15(19)20/h3-9H,2H2,1H3,(H,19,20). The minimum Gasteiger partial charge on any atom is -0.478 e. The lowest BCUT2D eigenvalue weighted by Gasteiger charge is -2.05. The molecule has 0 amide bonds. The van der Waals surface area contributed by atoms with Crippen molar-refractivity contribution in [2.75, 3.05) is 0 Å². The van der Waals surface area contributed by atoms with Gasteiger partial charge in [-0.1, -0.05) is 12.1 Å². The number of pyridine rings is 1. The van der Waals surface area contributed by atoms with Crippen molar-refractivity contribution in [3.8, 4) is 11.4 Å². The molecule has 0 saturated carbocycles. The fourth-order valence-corrected chi connectivity index (χ4v) is 2.24. The van der Waals surface area contributed by atoms with Crippen molar-refractivity contribution in [3.63, 3.8) is 0 Å². The lowest BCUT2D eigenvalue weighted by atomic mass is 10.1. The number of carbonyl (C=O) groups is 1. The van der Waals surface area contributed by atoms with Crippen LogP contribution in [0.1, 0.15) is 17.3 Å². The molecule has 1 N–H and O–H groups in total. The topological polar surface area (TPSA) is 68.0 Å². The first-order valence-electron chi connectivity index (χ1n) is 6.35. The molecular weight excluding hydrogens is 254 g/mol. The summed E-state index contributed by atoms with van der Waals surface area (Å²) >= 11 is 0. The SMILES string of the molecule is CCn1c(-c2ccc(C(=O)O)cc2)nc2cccnc21. The first kappa shape index (κ1) is 12.3. The average molecular weight is 267 g/mol. The molecule has 0 spiro atoms. The number of carboxylic acids is 1. The molecule has 0 aliphatic carbocycles. The Kier molecular flexibility index (Phi) is 2.95. The highest BCUT2D eigenvalue weighted by Crippen LogP contribution is 2.23. The number of aryl methyl sites for hydroxylation is 1. The van der Waals surface area contributed by atoms with E-state index in [1.165, 1.54) is 0 Å². The maximum absolute atomic E-state index is 10.9. The first-order chi connectivity index (χ1) is 9.70. The number of rotatable bonds is 3. The number of hydrogen-bond acceptors (Lipinski definition) is 3. The van der Waals surface area contributed by atoms with Crippen molar-refractivity contribution in [3.05, 3.63) is 48.2 Å². The van der Waals surface area contributed by atoms with E-state index in [0.717, 1.165) is 29.1 Å². The number of benzene rings is 1. The predicted octanol–water partition coefficient (Wildman–Crippen LogP) is 2.82. The van der Waals surface area contributed by atoms with E-state index in [2.05, 4.69) is 9.97 Å². The minimum atomic E-state index is -0.929. The summed E-state index contributed by atoms with van der Waals surface area (Å²) in [5, 5.41) is 8.93. The molecule has 5 nitrogen and oxygen atoms in total. The number of hydrogen-bond donors (Lipinski definition) is 1. The van der Waals surface area contributed by atoms with Crippen LogP contribution in [0, 0.1) is 0 Å². The second-order valence-corrected chi connectivity index (χ2v) is 4.41. The summed E-state index contributed by atoms with van der Waals surface area (Å²) in [7, 11) is 0. The molecule has 0 radical (unpaired) electrons. The fraction of sp³-hybridized carbons (Fsp3) is 0.133. The van der Waals surface area contributed by atoms with Crippen molar-refractivity contribution in [2.24, 2.45) is 0 Å². The maximum atomic E-state index is 10.9. The number of imidazole rings is 1. The van der Waals surface area contributed by atoms with E-state index >= 15 is 0 Å². The Balaban J connectivity index is 2.16. The van der Waals surface area contributed by atoms with Crippen LogP contribution in [-0.2, 0) is 6.54 Å². The Labute approximate surface area is 115 Å². The van der Waals surface area contributed by atoms with Gasteiger partial charge < -0.3 is 9.67 Å². The van der Waals surface area contributed by atoms with Gasteiger partial charge >= 0.3 is 5.97 Å². The van der Waals surface area contributed by atoms with Crippen LogP contribution in [0.5, 0.6) is 0 Å². The highest BCUT2D eigenvalue weighted by molar-refractivity contribution is 5.88. The van der Waals surface area contributed by atoms with Crippen molar-refractivity contribution < 1.29 is 9.90 Å². The Morgan fingerprint density at radius 1 is 1.25 bits per heavy atom. The van der Waals surface area contributed by atoms with Gasteiger partial charge in [0.25, 0.3) is 0 Å². The molecule has 20 heavy (non-hydrogen) atoms. The maximum Gasteiger partial charge on any atom is 0.335 e. The smallest absolute Gasteiger partial charge is 0.335 e. The lowest BCUT2D eigenvalue weighted by Crippen LogP contribution is -1.99. The number of nitrogens with zero attached hydrogens (tertiary/aromatic N) is 3. The molecule has 0 atom stereocenters. The summed E-state index contributed by atoms with van der Waals surface area (Å²) in [4.78, 5) is 19.8. The van der Waals surface area contributed by atoms with Crippen LogP contribution in [0.2, 0.25) is 0 Å². The van der Waals surface area contributed by atoms with E-state index < -0.39 is 5.97 Å². The summed E-state index contributed by atoms with van der Waals surface area (Å²) in [6, 6.07) is 10.5. The third kappa shape index (κ3) is 1.93. The zero-order valence-electron chi connectivity index (χ0n) is 10.9. The molecule has 0 aliphatic heterocycles. The molecule has 3 aromatic rings. The summed E-state index contributed by atoms with van der Waals surface area (Å²) in [6.45, 7) is 2.79. The van der Waals surface area contributed by atoms with Crippen LogP contribution < -0.4 is 0 Å². The van der Waals surface area contributed by atoms with Gasteiger partial charge in [0.1, 0.15) is 11.3 Å². The molecular formula is C15H13N3O2. The molecule has 100 valence electrons. The van der Waals surface area contributed by atoms with Gasteiger partial charge in [0.05, 0.1) is 5.56 Å². The van der Waals surface area contributed by atoms with Gasteiger partial charge in [-0.05, 0) is 31.2 Å². The second kappa shape index (κ2) is 4.77. The van der Waals surface area contributed by atoms with E-state index in [-0.39, 0.29) is 5.56 Å². The van der Waals surface area contributed by atoms with Crippen molar-refractivity contribution in [1.29, 1.82) is 0 Å². The van der Waals surface area contributed by atoms with Gasteiger partial charge in [0.15, 0.2) is 5.65 Å². The van der Waals surface area contributed by atoms with E-state index in [4.69, 9.17) is 5.11 Å². The van der Waals surface area contributed by atoms with E-state index in [9.17, 15) is 4.79 Å². The van der Waals surface area contributed by atoms with Crippen molar-refractivity contribution in [2.45, 2.75) is 13.5 Å². The zero-order valence-corrected chi connectivity index (χ0v) is 10.9. The van der Waals surface area contributed by atoms with Gasteiger partial charge in [-0.2, -0.15) is 0 Å². The monoisotopic (exact) mass is 267 g/mol. The third-order valence-corrected chi connectivity index (χ3v) is 3.21. The van der Waals surface area contributed by atoms with Gasteiger partial charge in [0.2, 0.25) is 0 Å². The highest BCUT2D eigenvalue weighted by Gasteiger charge is 2.12. The lowest BCUT2D eigenvalue weighted by molar-refractivity contribution is 0.0697. The number of aromatic nitrogens is 3. The average Bonchev–Trinajstić information content (AvgIpc) is 2.85. The van der Waals surface area contributed by atoms with Crippen LogP contribution in [-0.4, -0.2) is 25.6 Å². The van der Waals surface area contributed by atoms with Gasteiger partial charge in [-0.3, -0.25) is 0 Å². The molecule has 1 aromatic carbocycles. The third-order valence-electron chi connectivity index (χ3n) is 3.21. The van der Waals surface area contributed by atoms with Crippen LogP contribution in [0.3, 0.4) is 0 Å². The molecule has 0 bridgehead atoms. The predicted molar refractivity (Wildman–Crippen MR) is 75.6 cm³/mol. The van der Waals surface area contributed by atoms with Gasteiger partial charge in [-0.25, -0.2) is 14.8 Å². The van der Waals surface area contributed by atoms with E-state index in [1.54, 1.807) is 30.5 Å². The van der Waals surface area contributed by atoms with Crippen LogP contribution in [0.4, 0.5) is 0 Å². The molecule has 0 aliphatic rings. The molecule has 5 heteroatoms. The summed E-state index contributed by atoms with van der Waals surface area (Å²) in [6.07, 6.45) is 1.74. The quantitative estimate of drug-likeness (QED) is 0.792. The summed E-state index contributed by atoms with van der Waals surface area (Å²) < 4.78 is 2.02. The minimum absolute atomic E-state index is 0.269. The number of aromatic carboxylic acids is 1. The Bertz CT molecular complexity index is 775. The molecule has 3 rings (SSSR count). The van der Waals surface area contributed by atoms with Crippen LogP contribution in [0.15, 0.2) is 42.6 Å². The Morgan fingerprint density at radius 3 is 2.65 bits per heavy atom. The molecule has 0 saturated heterocycles. The highest BCUT2D eigenvalue weighted by atomic mass is 16.4. The van der Waals surface area contributed by atoms with Gasteiger partial charge in [0, 0.05) is 18.3 Å². The largest absolute Gasteiger partial charge is 0.478 e. The first-order valence-corrected chi connectivity index (χ1v) is 6.35. The summed E-state index contributed by atoms with van der Waals surface area (Å²) in [5.74, 6) is -0.125. The molecule has 0 unspecified atom stereocenters. The van der Waals surface area contributed by atoms with Crippen LogP contribution >= 0.6 is 0 Å². The normalized spacial score (nSPS) is 10.8. The Morgan fingerprint density at radius 2 is 2.00 bits per heavy atom. The van der Waals surface area contributed by atoms with E-state index in [1.807, 2.05) is 23.6 Å². The Hall–Kier alpha value is -2.69. The second-order valence-electron chi connectivity index (χ2n) is 4.41. The van der Waals surface area contributed by atoms with Crippen molar-refractivity contribution >= 4 is 17.1 Å². The van der Waals surface area contributed by atoms with Crippen molar-refractivity contribution in [1.82, 2.24) is 14.5 Å². The van der Waals surface area contributed by atoms with Crippen LogP contribution in [0.25, 0.3) is 22.6 Å². The number of carboxylic acid groups (broad SMARTS) is 1. The zero-order chi connectivity index (χ0) is 14.1. The number of fused-ring (bicyclic) bond motifs is 1. The molecule has 0 fully saturated rings. The van der Waals surface area contributed by atoms with E-state index in [0.29, 0.717) is 0 Å². The fourth-order valence-electron chi connectivity index (χ4n) is 2.24. The van der Waals surface area contributed by atoms with Gasteiger partial charge in [-0.15, -0.1) is 0 Å².